The third-order valence-corrected chi connectivity index (χ3v) is 11.6. The Morgan fingerprint density at radius 3 is 0.852 bits per heavy atom. The minimum Gasteiger partial charge on any atom is -0.716 e. The zero-order valence-corrected chi connectivity index (χ0v) is 67.7. The zero-order chi connectivity index (χ0) is 59.9. The van der Waals surface area contributed by atoms with E-state index in [0.29, 0.717) is 48.5 Å². The van der Waals surface area contributed by atoms with E-state index >= 15 is 0 Å². The van der Waals surface area contributed by atoms with Crippen LogP contribution in [-0.2, 0) is 83.2 Å². The maximum absolute atomic E-state index is 14.0. The molecule has 0 unspecified atom stereocenters. The molecular formula is C34H16Na8O38S8. The van der Waals surface area contributed by atoms with E-state index in [0.717, 1.165) is 12.2 Å². The molecule has 0 aliphatic carbocycles. The summed E-state index contributed by atoms with van der Waals surface area (Å²) in [7, 11) is -47.0. The Bertz CT molecular complexity index is 4370. The largest absolute Gasteiger partial charge is 1.00 e. The Morgan fingerprint density at radius 2 is 0.591 bits per heavy atom. The van der Waals surface area contributed by atoms with E-state index in [1.165, 1.54) is 0 Å². The molecule has 88 heavy (non-hydrogen) atoms. The summed E-state index contributed by atoms with van der Waals surface area (Å²) in [6.07, 6.45) is 1.79. The van der Waals surface area contributed by atoms with Gasteiger partial charge in [-0.15, -0.1) is 0 Å². The summed E-state index contributed by atoms with van der Waals surface area (Å²) in [6, 6.07) is 4.12. The van der Waals surface area contributed by atoms with Gasteiger partial charge < -0.3 is 88.2 Å². The molecule has 0 amide bonds. The fourth-order valence-electron chi connectivity index (χ4n) is 6.20. The Kier molecular flexibility index (Phi) is 37.9. The Balaban J connectivity index is -0.00000903. The van der Waals surface area contributed by atoms with Crippen molar-refractivity contribution in [3.63, 3.8) is 0 Å². The fraction of sp³-hybridized carbons (Fsp3) is 0.0588. The third kappa shape index (κ3) is 29.0. The second-order valence-electron chi connectivity index (χ2n) is 14.1. The summed E-state index contributed by atoms with van der Waals surface area (Å²) >= 11 is 0. The molecule has 0 radical (unpaired) electrons. The number of hydrogen-bond acceptors (Lipinski definition) is 38. The van der Waals surface area contributed by atoms with Crippen molar-refractivity contribution in [3.05, 3.63) is 93.3 Å². The summed E-state index contributed by atoms with van der Waals surface area (Å²) in [5.41, 5.74) is -7.31. The van der Waals surface area contributed by atoms with E-state index in [2.05, 4.69) is 33.5 Å². The number of ether oxygens (including phenoxy) is 2. The monoisotopic (exact) mass is 1470 g/mol. The maximum Gasteiger partial charge on any atom is 1.00 e. The van der Waals surface area contributed by atoms with Gasteiger partial charge in [-0.1, -0.05) is 0 Å². The normalized spacial score (nSPS) is 11.8. The van der Waals surface area contributed by atoms with Gasteiger partial charge in [-0.3, -0.25) is 9.59 Å². The quantitative estimate of drug-likeness (QED) is 0.0235. The van der Waals surface area contributed by atoms with Gasteiger partial charge in [-0.25, -0.2) is 67.3 Å². The van der Waals surface area contributed by atoms with Crippen molar-refractivity contribution < 1.29 is 392 Å². The fourth-order valence-corrected chi connectivity index (χ4v) is 8.99. The molecule has 2 aromatic heterocycles. The van der Waals surface area contributed by atoms with Gasteiger partial charge in [0.2, 0.25) is 22.4 Å². The first kappa shape index (κ1) is 92.5. The first-order valence-electron chi connectivity index (χ1n) is 19.1. The number of fused-ring (bicyclic) bond motifs is 2. The van der Waals surface area contributed by atoms with Crippen molar-refractivity contribution in [3.8, 4) is 80.1 Å². The Hall–Kier alpha value is 0.320. The summed E-state index contributed by atoms with van der Waals surface area (Å²) in [4.78, 5) is 27.9. The zero-order valence-electron chi connectivity index (χ0n) is 45.1. The molecule has 2 heterocycles. The predicted octanol–water partition coefficient (Wildman–Crippen LogP) is -26.0. The average molecular weight is 1470 g/mol. The SMILES string of the molecule is O=c1c(OS(=O)(=O)[O-])c(-c2ccc(OS(=O)(=O)[O-])c(OS(=O)(=O)[O-])c2)oc2cc(OS(=O)(=O)[O-])cc(OC/C=C/COc3cc(OS(=O)(=O)[O-])cc4oc(-c5ccc(OS(=O)(=O)[O-])c(OS(=O)(=O)[O-])c5)c(OS(=O)(=O)[O-])c(=O)c34)c12.[Na+].[Na+].[Na+].[Na+].[Na+].[Na+].[Na+].[Na+]. The van der Waals surface area contributed by atoms with E-state index in [1.807, 2.05) is 0 Å². The van der Waals surface area contributed by atoms with E-state index < -0.39 is 209 Å². The number of rotatable bonds is 24. The first-order valence-corrected chi connectivity index (χ1v) is 29.8. The molecular weight excluding hydrogens is 1460 g/mol. The van der Waals surface area contributed by atoms with Crippen LogP contribution < -0.4 is 290 Å². The van der Waals surface area contributed by atoms with Crippen LogP contribution in [0.3, 0.4) is 0 Å². The van der Waals surface area contributed by atoms with Crippen LogP contribution in [-0.4, -0.2) is 117 Å². The van der Waals surface area contributed by atoms with Gasteiger partial charge in [-0.2, -0.15) is 0 Å². The van der Waals surface area contributed by atoms with E-state index in [9.17, 15) is 113 Å². The molecule has 0 spiro atoms. The second-order valence-corrected chi connectivity index (χ2v) is 22.0. The molecule has 0 saturated heterocycles. The summed E-state index contributed by atoms with van der Waals surface area (Å²) in [5.74, 6) is -15.6. The van der Waals surface area contributed by atoms with Crippen molar-refractivity contribution in [2.24, 2.45) is 0 Å². The molecule has 0 bridgehead atoms. The van der Waals surface area contributed by atoms with Crippen molar-refractivity contribution >= 4 is 105 Å². The summed E-state index contributed by atoms with van der Waals surface area (Å²) in [5, 5.41) is -2.05. The van der Waals surface area contributed by atoms with Gasteiger partial charge in [0.15, 0.2) is 34.5 Å². The van der Waals surface area contributed by atoms with Crippen LogP contribution in [0.15, 0.2) is 91.2 Å². The molecule has 0 aliphatic rings. The van der Waals surface area contributed by atoms with Crippen molar-refractivity contribution in [2.45, 2.75) is 0 Å². The molecule has 0 fully saturated rings. The Morgan fingerprint density at radius 1 is 0.330 bits per heavy atom. The van der Waals surface area contributed by atoms with Gasteiger partial charge in [0.1, 0.15) is 58.2 Å². The van der Waals surface area contributed by atoms with Crippen molar-refractivity contribution in [1.29, 1.82) is 0 Å². The molecule has 0 atom stereocenters. The van der Waals surface area contributed by atoms with Crippen LogP contribution in [0.25, 0.3) is 44.6 Å². The van der Waals surface area contributed by atoms with E-state index in [4.69, 9.17) is 18.3 Å². The topological polar surface area (TPSA) is 610 Å². The van der Waals surface area contributed by atoms with Gasteiger partial charge >= 0.3 is 236 Å². The average Bonchev–Trinajstić information content (AvgIpc) is 1.22. The van der Waals surface area contributed by atoms with E-state index in [1.54, 1.807) is 0 Å². The van der Waals surface area contributed by atoms with E-state index in [-0.39, 0.29) is 249 Å². The molecule has 0 N–H and O–H groups in total. The molecule has 4 aromatic carbocycles. The van der Waals surface area contributed by atoms with Gasteiger partial charge in [0.25, 0.3) is 83.2 Å². The van der Waals surface area contributed by atoms with Gasteiger partial charge in [0, 0.05) is 35.4 Å². The van der Waals surface area contributed by atoms with Gasteiger partial charge in [-0.05, 0) is 48.6 Å². The number of hydrogen-bond donors (Lipinski definition) is 0. The molecule has 0 aliphatic heterocycles. The van der Waals surface area contributed by atoms with Crippen LogP contribution in [0, 0.1) is 0 Å². The molecule has 436 valence electrons. The Labute approximate surface area is 672 Å². The van der Waals surface area contributed by atoms with Gasteiger partial charge in [0.05, 0.1) is 0 Å². The van der Waals surface area contributed by atoms with Crippen molar-refractivity contribution in [2.75, 3.05) is 13.2 Å². The molecule has 54 heteroatoms. The molecule has 6 aromatic rings. The molecule has 38 nitrogen and oxygen atoms in total. The van der Waals surface area contributed by atoms with Crippen molar-refractivity contribution in [1.82, 2.24) is 0 Å². The van der Waals surface area contributed by atoms with Crippen LogP contribution in [0.4, 0.5) is 0 Å². The smallest absolute Gasteiger partial charge is 0.716 e. The summed E-state index contributed by atoms with van der Waals surface area (Å²) < 4.78 is 332. The minimum absolute atomic E-state index is 0. The molecule has 0 saturated carbocycles. The van der Waals surface area contributed by atoms with Crippen LogP contribution >= 0.6 is 0 Å². The number of benzene rings is 4. The first-order chi connectivity index (χ1) is 36.4. The maximum atomic E-state index is 14.0. The third-order valence-electron chi connectivity index (χ3n) is 8.57. The standard InChI is InChI=1S/C34H24O38S8.8Na/c35-29-27-23(11-17(65-73(37,38)39)13-25(27)63-31(33(29)71-79(55,56)57)15-3-5-19(67-75(43,44)45)21(9-15)69-77(49,50)51)61-7-1-2-8-62-24-12-18(66-74(40,41)42)14-26-28(24)30(36)34(72-80(58,59)60)32(64-26)16-4-6-20(68-76(46,47)48)22(10-16)70-78(52,53)54;;;;;;;;/h1-6,9-14H,7-8H2,(H,37,38,39)(H,40,41,42)(H,43,44,45)(H,46,47,48)(H,49,50,51)(H,52,53,54)(H,55,56,57)(H,58,59,60);;;;;;;;/q;8*+1/p-8/b2-1+;;;;;;;;. The summed E-state index contributed by atoms with van der Waals surface area (Å²) in [6.45, 7) is -1.80. The minimum atomic E-state index is -6.06. The predicted molar refractivity (Wildman–Crippen MR) is 239 cm³/mol. The van der Waals surface area contributed by atoms with Crippen LogP contribution in [0.2, 0.25) is 0 Å². The van der Waals surface area contributed by atoms with Crippen LogP contribution in [0.5, 0.6) is 57.5 Å². The van der Waals surface area contributed by atoms with Crippen LogP contribution in [0.1, 0.15) is 0 Å². The second kappa shape index (κ2) is 36.1. The molecule has 6 rings (SSSR count).